The Labute approximate surface area is 157 Å². The molecular formula is C20H25FN4O2. The van der Waals surface area contributed by atoms with Crippen molar-refractivity contribution in [1.82, 2.24) is 19.7 Å². The van der Waals surface area contributed by atoms with E-state index in [1.54, 1.807) is 16.7 Å². The van der Waals surface area contributed by atoms with E-state index in [1.807, 2.05) is 0 Å². The van der Waals surface area contributed by atoms with Crippen LogP contribution in [0.25, 0.3) is 0 Å². The smallest absolute Gasteiger partial charge is 0.346 e. The van der Waals surface area contributed by atoms with Crippen molar-refractivity contribution >= 4 is 5.91 Å². The van der Waals surface area contributed by atoms with Crippen molar-refractivity contribution in [2.45, 2.75) is 70.0 Å². The van der Waals surface area contributed by atoms with Gasteiger partial charge in [0.25, 0.3) is 0 Å². The minimum atomic E-state index is -0.503. The van der Waals surface area contributed by atoms with Gasteiger partial charge in [-0.15, -0.1) is 0 Å². The van der Waals surface area contributed by atoms with Crippen molar-refractivity contribution in [1.29, 1.82) is 0 Å². The SMILES string of the molecule is O=C(NC1CCCC1)C1CCCCc2nn(Cc3cccc(F)c3)c(=O)n21. The summed E-state index contributed by atoms with van der Waals surface area (Å²) in [6.07, 6.45) is 7.45. The van der Waals surface area contributed by atoms with E-state index >= 15 is 0 Å². The molecule has 0 radical (unpaired) electrons. The standard InChI is InChI=1S/C20H25FN4O2/c21-15-7-5-6-14(12-15)13-24-20(27)25-17(10-3-4-11-18(25)23-24)19(26)22-16-8-1-2-9-16/h5-7,12,16-17H,1-4,8-11,13H2,(H,22,26). The van der Waals surface area contributed by atoms with Gasteiger partial charge in [0.2, 0.25) is 5.91 Å². The maximum absolute atomic E-state index is 13.4. The Balaban J connectivity index is 1.61. The van der Waals surface area contributed by atoms with Gasteiger partial charge in [-0.3, -0.25) is 9.36 Å². The van der Waals surface area contributed by atoms with Gasteiger partial charge in [0, 0.05) is 12.5 Å². The highest BCUT2D eigenvalue weighted by molar-refractivity contribution is 5.80. The molecular weight excluding hydrogens is 347 g/mol. The van der Waals surface area contributed by atoms with E-state index in [2.05, 4.69) is 10.4 Å². The number of amides is 1. The van der Waals surface area contributed by atoms with Crippen LogP contribution >= 0.6 is 0 Å². The number of halogens is 1. The molecule has 1 aromatic heterocycles. The Hall–Kier alpha value is -2.44. The molecule has 2 aliphatic rings. The quantitative estimate of drug-likeness (QED) is 0.897. The van der Waals surface area contributed by atoms with E-state index < -0.39 is 6.04 Å². The summed E-state index contributed by atoms with van der Waals surface area (Å²) >= 11 is 0. The van der Waals surface area contributed by atoms with E-state index in [0.29, 0.717) is 24.2 Å². The molecule has 27 heavy (non-hydrogen) atoms. The van der Waals surface area contributed by atoms with Crippen molar-refractivity contribution in [3.63, 3.8) is 0 Å². The molecule has 1 N–H and O–H groups in total. The van der Waals surface area contributed by atoms with Gasteiger partial charge in [0.15, 0.2) is 0 Å². The number of hydrogen-bond donors (Lipinski definition) is 1. The molecule has 4 rings (SSSR count). The molecule has 1 fully saturated rings. The van der Waals surface area contributed by atoms with Crippen LogP contribution in [0.4, 0.5) is 4.39 Å². The number of nitrogens with one attached hydrogen (secondary N) is 1. The molecule has 6 nitrogen and oxygen atoms in total. The van der Waals surface area contributed by atoms with Gasteiger partial charge in [-0.1, -0.05) is 31.4 Å². The van der Waals surface area contributed by atoms with Crippen LogP contribution in [0, 0.1) is 5.82 Å². The number of benzene rings is 1. The molecule has 2 aromatic rings. The van der Waals surface area contributed by atoms with E-state index in [0.717, 1.165) is 38.5 Å². The summed E-state index contributed by atoms with van der Waals surface area (Å²) in [4.78, 5) is 25.9. The van der Waals surface area contributed by atoms with Crippen LogP contribution in [0.2, 0.25) is 0 Å². The third-order valence-corrected chi connectivity index (χ3v) is 5.61. The summed E-state index contributed by atoms with van der Waals surface area (Å²) < 4.78 is 16.4. The number of hydrogen-bond acceptors (Lipinski definition) is 3. The van der Waals surface area contributed by atoms with Gasteiger partial charge in [-0.05, 0) is 43.4 Å². The van der Waals surface area contributed by atoms with Crippen LogP contribution in [0.1, 0.15) is 62.4 Å². The normalized spacial score (nSPS) is 20.3. The zero-order valence-corrected chi connectivity index (χ0v) is 15.4. The lowest BCUT2D eigenvalue weighted by Crippen LogP contribution is -2.41. The lowest BCUT2D eigenvalue weighted by Gasteiger charge is -2.19. The van der Waals surface area contributed by atoms with Crippen molar-refractivity contribution < 1.29 is 9.18 Å². The summed E-state index contributed by atoms with van der Waals surface area (Å²) in [6.45, 7) is 0.202. The van der Waals surface area contributed by atoms with Crippen LogP contribution in [0.3, 0.4) is 0 Å². The van der Waals surface area contributed by atoms with Gasteiger partial charge >= 0.3 is 5.69 Å². The number of carbonyl (C=O) groups excluding carboxylic acids is 1. The first-order chi connectivity index (χ1) is 13.1. The maximum Gasteiger partial charge on any atom is 0.346 e. The molecule has 1 amide bonds. The highest BCUT2D eigenvalue weighted by Crippen LogP contribution is 2.24. The number of aromatic nitrogens is 3. The highest BCUT2D eigenvalue weighted by atomic mass is 19.1. The molecule has 1 aliphatic heterocycles. The summed E-state index contributed by atoms with van der Waals surface area (Å²) in [6, 6.07) is 5.89. The second kappa shape index (κ2) is 7.66. The van der Waals surface area contributed by atoms with Crippen molar-refractivity contribution in [3.8, 4) is 0 Å². The maximum atomic E-state index is 13.4. The fourth-order valence-electron chi connectivity index (χ4n) is 4.23. The lowest BCUT2D eigenvalue weighted by molar-refractivity contribution is -0.125. The predicted molar refractivity (Wildman–Crippen MR) is 99.0 cm³/mol. The molecule has 1 aromatic carbocycles. The average molecular weight is 372 g/mol. The molecule has 1 unspecified atom stereocenters. The highest BCUT2D eigenvalue weighted by Gasteiger charge is 2.30. The molecule has 1 aliphatic carbocycles. The van der Waals surface area contributed by atoms with Gasteiger partial charge in [-0.2, -0.15) is 5.10 Å². The van der Waals surface area contributed by atoms with Crippen LogP contribution in [-0.4, -0.2) is 26.3 Å². The number of rotatable bonds is 4. The number of carbonyl (C=O) groups is 1. The largest absolute Gasteiger partial charge is 0.352 e. The summed E-state index contributed by atoms with van der Waals surface area (Å²) in [7, 11) is 0. The Morgan fingerprint density at radius 3 is 2.74 bits per heavy atom. The zero-order valence-electron chi connectivity index (χ0n) is 15.4. The first kappa shape index (κ1) is 17.9. The minimum absolute atomic E-state index is 0.0718. The molecule has 0 bridgehead atoms. The Morgan fingerprint density at radius 1 is 1.19 bits per heavy atom. The van der Waals surface area contributed by atoms with Crippen LogP contribution in [-0.2, 0) is 17.8 Å². The monoisotopic (exact) mass is 372 g/mol. The Morgan fingerprint density at radius 2 is 1.96 bits per heavy atom. The first-order valence-electron chi connectivity index (χ1n) is 9.85. The Kier molecular flexibility index (Phi) is 5.09. The Bertz CT molecular complexity index is 882. The van der Waals surface area contributed by atoms with E-state index in [1.165, 1.54) is 16.8 Å². The summed E-state index contributed by atoms with van der Waals surface area (Å²) in [5.74, 6) is 0.244. The molecule has 0 spiro atoms. The lowest BCUT2D eigenvalue weighted by atomic mass is 10.1. The van der Waals surface area contributed by atoms with E-state index in [4.69, 9.17) is 0 Å². The van der Waals surface area contributed by atoms with Crippen molar-refractivity contribution in [2.24, 2.45) is 0 Å². The summed E-state index contributed by atoms with van der Waals surface area (Å²) in [5, 5.41) is 7.59. The van der Waals surface area contributed by atoms with Crippen molar-refractivity contribution in [2.75, 3.05) is 0 Å². The second-order valence-electron chi connectivity index (χ2n) is 7.61. The molecule has 1 saturated carbocycles. The fourth-order valence-corrected chi connectivity index (χ4v) is 4.23. The third kappa shape index (κ3) is 3.82. The van der Waals surface area contributed by atoms with Gasteiger partial charge < -0.3 is 5.32 Å². The third-order valence-electron chi connectivity index (χ3n) is 5.61. The molecule has 2 heterocycles. The minimum Gasteiger partial charge on any atom is -0.352 e. The van der Waals surface area contributed by atoms with Crippen LogP contribution < -0.4 is 11.0 Å². The number of nitrogens with zero attached hydrogens (tertiary/aromatic N) is 3. The molecule has 0 saturated heterocycles. The second-order valence-corrected chi connectivity index (χ2v) is 7.61. The molecule has 144 valence electrons. The van der Waals surface area contributed by atoms with E-state index in [9.17, 15) is 14.0 Å². The average Bonchev–Trinajstić information content (AvgIpc) is 3.18. The van der Waals surface area contributed by atoms with Crippen LogP contribution in [0.15, 0.2) is 29.1 Å². The number of fused-ring (bicyclic) bond motifs is 1. The molecule has 1 atom stereocenters. The van der Waals surface area contributed by atoms with Gasteiger partial charge in [0.05, 0.1) is 6.54 Å². The topological polar surface area (TPSA) is 68.9 Å². The van der Waals surface area contributed by atoms with Crippen molar-refractivity contribution in [3.05, 3.63) is 52.0 Å². The molecule has 7 heteroatoms. The zero-order chi connectivity index (χ0) is 18.8. The number of aryl methyl sites for hydroxylation is 1. The predicted octanol–water partition coefficient (Wildman–Crippen LogP) is 2.56. The summed E-state index contributed by atoms with van der Waals surface area (Å²) in [5.41, 5.74) is 0.389. The fraction of sp³-hybridized carbons (Fsp3) is 0.550. The van der Waals surface area contributed by atoms with E-state index in [-0.39, 0.29) is 30.0 Å². The van der Waals surface area contributed by atoms with Crippen LogP contribution in [0.5, 0.6) is 0 Å². The van der Waals surface area contributed by atoms with Gasteiger partial charge in [0.1, 0.15) is 17.7 Å². The van der Waals surface area contributed by atoms with Gasteiger partial charge in [-0.25, -0.2) is 13.9 Å². The first-order valence-corrected chi connectivity index (χ1v) is 9.85.